The Morgan fingerprint density at radius 1 is 1.21 bits per heavy atom. The third kappa shape index (κ3) is 6.07. The molecule has 1 heterocycles. The van der Waals surface area contributed by atoms with E-state index in [-0.39, 0.29) is 23.0 Å². The van der Waals surface area contributed by atoms with E-state index in [9.17, 15) is 43.9 Å². The molecule has 0 bridgehead atoms. The topological polar surface area (TPSA) is 122 Å². The summed E-state index contributed by atoms with van der Waals surface area (Å²) < 4.78 is 127. The molecule has 0 spiro atoms. The predicted molar refractivity (Wildman–Crippen MR) is 125 cm³/mol. The van der Waals surface area contributed by atoms with E-state index < -0.39 is 85.4 Å². The number of methoxy groups -OCH3 is 1. The molecule has 18 heteroatoms. The van der Waals surface area contributed by atoms with Gasteiger partial charge in [0, 0.05) is 23.2 Å². The summed E-state index contributed by atoms with van der Waals surface area (Å²) in [4.78, 5) is 12.0. The summed E-state index contributed by atoms with van der Waals surface area (Å²) in [6.07, 6.45) is -5.57. The van der Waals surface area contributed by atoms with Gasteiger partial charge in [-0.1, -0.05) is 6.07 Å². The molecule has 1 saturated heterocycles. The van der Waals surface area contributed by atoms with Gasteiger partial charge >= 0.3 is 19.3 Å². The first-order chi connectivity index (χ1) is 17.9. The fourth-order valence-electron chi connectivity index (χ4n) is 4.01. The zero-order chi connectivity index (χ0) is 29.5. The molecule has 0 aliphatic carbocycles. The number of hydrogen-bond donors (Lipinski definition) is 3. The van der Waals surface area contributed by atoms with Crippen molar-refractivity contribution in [1.82, 2.24) is 0 Å². The van der Waals surface area contributed by atoms with Crippen molar-refractivity contribution in [2.45, 2.75) is 46.1 Å². The van der Waals surface area contributed by atoms with Gasteiger partial charge in [-0.2, -0.15) is 26.3 Å². The molecule has 3 unspecified atom stereocenters. The molecule has 8 nitrogen and oxygen atoms in total. The van der Waals surface area contributed by atoms with Crippen LogP contribution in [0.1, 0.15) is 24.8 Å². The van der Waals surface area contributed by atoms with Gasteiger partial charge in [-0.3, -0.25) is 4.79 Å². The zero-order valence-corrected chi connectivity index (χ0v) is 21.4. The Bertz CT molecular complexity index is 1360. The minimum absolute atomic E-state index is 0.191. The van der Waals surface area contributed by atoms with E-state index in [1.54, 1.807) is 0 Å². The van der Waals surface area contributed by atoms with E-state index in [0.29, 0.717) is 18.2 Å². The molecule has 1 aliphatic rings. The molecule has 1 amide bonds. The van der Waals surface area contributed by atoms with Crippen molar-refractivity contribution in [3.8, 4) is 11.5 Å². The number of halogens is 7. The summed E-state index contributed by atoms with van der Waals surface area (Å²) in [7, 11) is -7.00. The van der Waals surface area contributed by atoms with Crippen LogP contribution in [-0.4, -0.2) is 60.7 Å². The predicted octanol–water partition coefficient (Wildman–Crippen LogP) is 3.87. The monoisotopic (exact) mass is 605 g/mol. The summed E-state index contributed by atoms with van der Waals surface area (Å²) in [6.45, 7) is 0.822. The van der Waals surface area contributed by atoms with Gasteiger partial charge in [-0.25, -0.2) is 12.8 Å². The molecule has 3 atom stereocenters. The lowest BCUT2D eigenvalue weighted by molar-refractivity contribution is -0.155. The Hall–Kier alpha value is -2.70. The van der Waals surface area contributed by atoms with Crippen molar-refractivity contribution in [3.05, 3.63) is 47.5 Å². The number of ether oxygens (including phenoxy) is 1. The second kappa shape index (κ2) is 11.1. The zero-order valence-electron chi connectivity index (χ0n) is 19.8. The van der Waals surface area contributed by atoms with Gasteiger partial charge in [0.2, 0.25) is 21.6 Å². The van der Waals surface area contributed by atoms with Crippen LogP contribution >= 0.6 is 11.8 Å². The van der Waals surface area contributed by atoms with Gasteiger partial charge in [-0.05, 0) is 31.5 Å². The van der Waals surface area contributed by atoms with E-state index in [0.717, 1.165) is 26.2 Å². The van der Waals surface area contributed by atoms with Crippen LogP contribution in [-0.2, 0) is 14.6 Å². The molecule has 214 valence electrons. The van der Waals surface area contributed by atoms with Crippen LogP contribution in [0.4, 0.5) is 36.4 Å². The van der Waals surface area contributed by atoms with Gasteiger partial charge in [-0.15, -0.1) is 11.8 Å². The molecule has 2 aromatic rings. The van der Waals surface area contributed by atoms with Crippen molar-refractivity contribution in [1.29, 1.82) is 0 Å². The largest absolute Gasteiger partial charge is 0.707 e. The maximum Gasteiger partial charge on any atom is 0.707 e. The van der Waals surface area contributed by atoms with Gasteiger partial charge < -0.3 is 24.8 Å². The van der Waals surface area contributed by atoms with Crippen LogP contribution in [0.15, 0.2) is 35.2 Å². The number of hydrogen-bond acceptors (Lipinski definition) is 8. The van der Waals surface area contributed by atoms with Crippen molar-refractivity contribution in [2.75, 3.05) is 12.4 Å². The molecular weight excluding hydrogens is 586 g/mol. The van der Waals surface area contributed by atoms with E-state index in [2.05, 4.69) is 9.97 Å². The molecule has 3 N–H and O–H groups in total. The molecular formula is C21H19BF7NO7S2. The van der Waals surface area contributed by atoms with Crippen molar-refractivity contribution >= 4 is 40.5 Å². The Morgan fingerprint density at radius 3 is 2.38 bits per heavy atom. The first kappa shape index (κ1) is 30.8. The maximum absolute atomic E-state index is 14.4. The Labute approximate surface area is 221 Å². The van der Waals surface area contributed by atoms with E-state index in [1.807, 2.05) is 0 Å². The summed E-state index contributed by atoms with van der Waals surface area (Å²) in [5.41, 5.74) is -0.594. The molecule has 0 radical (unpaired) electrons. The van der Waals surface area contributed by atoms with Gasteiger partial charge in [0.15, 0.2) is 11.6 Å². The highest BCUT2D eigenvalue weighted by Crippen LogP contribution is 2.59. The number of alkyl halides is 5. The van der Waals surface area contributed by atoms with Gasteiger partial charge in [0.05, 0.1) is 12.4 Å². The number of nitrogens with one attached hydrogen (secondary N) is 1. The molecule has 0 saturated carbocycles. The second-order valence-electron chi connectivity index (χ2n) is 8.46. The molecule has 0 aromatic heterocycles. The normalized spacial score (nSPS) is 21.6. The van der Waals surface area contributed by atoms with Crippen LogP contribution in [0.25, 0.3) is 0 Å². The van der Waals surface area contributed by atoms with Crippen LogP contribution in [0.3, 0.4) is 0 Å². The number of benzene rings is 2. The first-order valence-corrected chi connectivity index (χ1v) is 13.1. The fraction of sp³-hybridized carbons (Fsp3) is 0.381. The lowest BCUT2D eigenvalue weighted by Crippen LogP contribution is -2.37. The average molecular weight is 605 g/mol. The number of anilines is 1. The molecule has 3 rings (SSSR count). The smallest absolute Gasteiger partial charge is 0.511 e. The number of amides is 1. The Morgan fingerprint density at radius 2 is 1.85 bits per heavy atom. The number of carbonyl (C=O) groups is 1. The number of carbonyl (C=O) groups excluding carboxylic acids is 1. The Balaban J connectivity index is 2.04. The number of sulfone groups is 1. The van der Waals surface area contributed by atoms with Crippen molar-refractivity contribution in [3.63, 3.8) is 0 Å². The molecule has 1 fully saturated rings. The molecule has 2 aromatic carbocycles. The number of rotatable bonds is 8. The first-order valence-electron chi connectivity index (χ1n) is 10.7. The van der Waals surface area contributed by atoms with Crippen LogP contribution in [0.5, 0.6) is 11.5 Å². The number of thioether (sulfide) groups is 1. The van der Waals surface area contributed by atoms with Gasteiger partial charge in [0.1, 0.15) is 15.4 Å². The third-order valence-electron chi connectivity index (χ3n) is 5.89. The summed E-state index contributed by atoms with van der Waals surface area (Å²) in [5.74, 6) is -10.9. The van der Waals surface area contributed by atoms with Crippen molar-refractivity contribution < 1.29 is 63.4 Å². The maximum atomic E-state index is 14.4. The molecule has 1 aliphatic heterocycles. The highest BCUT2D eigenvalue weighted by Gasteiger charge is 2.61. The minimum atomic E-state index is -5.31. The standard InChI is InChI=1S/C21H19BF7NO7S2/c1-20(21(27,28)29)8-11(10-4-5-12(23)15(24)16(10)36-2)17(38-20)18(31)30-9-3-6-14(39(34,35)19(25)26)13(7-9)37-22(32)33/h3-7,11,17,19,32-33H,8H2,1-2H3,(H,30,31). The van der Waals surface area contributed by atoms with Crippen LogP contribution in [0, 0.1) is 11.6 Å². The van der Waals surface area contributed by atoms with Gasteiger partial charge in [0.25, 0.3) is 0 Å². The van der Waals surface area contributed by atoms with E-state index >= 15 is 0 Å². The van der Waals surface area contributed by atoms with Crippen LogP contribution in [0.2, 0.25) is 0 Å². The van der Waals surface area contributed by atoms with E-state index in [4.69, 9.17) is 14.8 Å². The summed E-state index contributed by atoms with van der Waals surface area (Å²) in [5, 5.41) is 18.7. The summed E-state index contributed by atoms with van der Waals surface area (Å²) >= 11 is 0.191. The second-order valence-corrected chi connectivity index (χ2v) is 12.0. The molecule has 39 heavy (non-hydrogen) atoms. The van der Waals surface area contributed by atoms with Crippen LogP contribution < -0.4 is 14.7 Å². The minimum Gasteiger partial charge on any atom is -0.511 e. The Kier molecular flexibility index (Phi) is 8.74. The third-order valence-corrected chi connectivity index (χ3v) is 9.02. The highest BCUT2D eigenvalue weighted by molar-refractivity contribution is 8.02. The van der Waals surface area contributed by atoms with Crippen molar-refractivity contribution in [2.24, 2.45) is 0 Å². The fourth-order valence-corrected chi connectivity index (χ4v) is 6.39. The quantitative estimate of drug-likeness (QED) is 0.307. The summed E-state index contributed by atoms with van der Waals surface area (Å²) in [6, 6.07) is 3.68. The lowest BCUT2D eigenvalue weighted by Gasteiger charge is -2.26. The highest BCUT2D eigenvalue weighted by atomic mass is 32.2. The van der Waals surface area contributed by atoms with E-state index in [1.165, 1.54) is 0 Å². The lowest BCUT2D eigenvalue weighted by atomic mass is 9.85. The SMILES string of the molecule is COc1c(C2CC(C)(C(F)(F)F)SC2C(=O)Nc2ccc(S(=O)(=O)C(F)F)c(OB(O)O)c2)ccc(F)c1F. The average Bonchev–Trinajstić information content (AvgIpc) is 3.19.